The van der Waals surface area contributed by atoms with E-state index in [1.54, 1.807) is 18.2 Å². The zero-order valence-electron chi connectivity index (χ0n) is 14.8. The minimum atomic E-state index is -0.550. The van der Waals surface area contributed by atoms with Crippen LogP contribution in [0.5, 0.6) is 11.5 Å². The largest absolute Gasteiger partial charge is 0.490 e. The van der Waals surface area contributed by atoms with E-state index in [9.17, 15) is 9.59 Å². The van der Waals surface area contributed by atoms with Gasteiger partial charge < -0.3 is 9.47 Å². The molecule has 1 saturated heterocycles. The number of rotatable bonds is 8. The summed E-state index contributed by atoms with van der Waals surface area (Å²) in [5.41, 5.74) is 0.570. The van der Waals surface area contributed by atoms with Crippen molar-refractivity contribution in [1.29, 1.82) is 0 Å². The van der Waals surface area contributed by atoms with E-state index >= 15 is 0 Å². The Bertz CT molecular complexity index is 835. The van der Waals surface area contributed by atoms with Gasteiger partial charge >= 0.3 is 0 Å². The predicted molar refractivity (Wildman–Crippen MR) is 112 cm³/mol. The predicted octanol–water partition coefficient (Wildman–Crippen LogP) is 3.23. The topological polar surface area (TPSA) is 67.9 Å². The van der Waals surface area contributed by atoms with Gasteiger partial charge in [0.15, 0.2) is 16.6 Å². The van der Waals surface area contributed by atoms with Crippen LogP contribution in [0.15, 0.2) is 47.5 Å². The van der Waals surface area contributed by atoms with Crippen molar-refractivity contribution < 1.29 is 19.1 Å². The van der Waals surface area contributed by atoms with Gasteiger partial charge in [0.05, 0.1) is 11.1 Å². The third-order valence-corrected chi connectivity index (χ3v) is 4.40. The zero-order valence-corrected chi connectivity index (χ0v) is 17.2. The number of carbonyl (C=O) groups excluding carboxylic acids is 2. The van der Waals surface area contributed by atoms with Gasteiger partial charge in [-0.05, 0) is 58.8 Å². The van der Waals surface area contributed by atoms with Crippen LogP contribution in [0.25, 0.3) is 6.08 Å². The number of hydrogen-bond donors (Lipinski definition) is 1. The lowest BCUT2D eigenvalue weighted by molar-refractivity contribution is -0.128. The Morgan fingerprint density at radius 3 is 2.63 bits per heavy atom. The minimum Gasteiger partial charge on any atom is -0.490 e. The number of benzene rings is 1. The standard InChI is InChI=1S/C19H19BrN2O4S/c1-4-7-22-18(24)13(17(23)21-19(22)27)9-12-10-14(20)16(26-8-5-2)15(11-12)25-6-3/h4-5,9-11H,1-2,6-8H2,3H3,(H,21,23,27)/b13-9+. The summed E-state index contributed by atoms with van der Waals surface area (Å²) in [4.78, 5) is 26.2. The summed E-state index contributed by atoms with van der Waals surface area (Å²) in [6.07, 6.45) is 4.65. The number of hydrogen-bond acceptors (Lipinski definition) is 5. The molecule has 1 aromatic carbocycles. The molecule has 1 aliphatic rings. The van der Waals surface area contributed by atoms with E-state index in [-0.39, 0.29) is 17.2 Å². The number of carbonyl (C=O) groups is 2. The molecule has 142 valence electrons. The Labute approximate surface area is 171 Å². The minimum absolute atomic E-state index is 0.0282. The lowest BCUT2D eigenvalue weighted by Gasteiger charge is -2.27. The smallest absolute Gasteiger partial charge is 0.265 e. The molecule has 1 aromatic rings. The van der Waals surface area contributed by atoms with Crippen molar-refractivity contribution in [2.45, 2.75) is 6.92 Å². The van der Waals surface area contributed by atoms with Gasteiger partial charge in [0.2, 0.25) is 0 Å². The number of thiocarbonyl (C=S) groups is 1. The van der Waals surface area contributed by atoms with Crippen molar-refractivity contribution in [1.82, 2.24) is 10.2 Å². The molecule has 6 nitrogen and oxygen atoms in total. The van der Waals surface area contributed by atoms with E-state index in [0.717, 1.165) is 0 Å². The Kier molecular flexibility index (Phi) is 7.32. The van der Waals surface area contributed by atoms with E-state index < -0.39 is 11.8 Å². The first-order chi connectivity index (χ1) is 12.9. The normalized spacial score (nSPS) is 15.6. The Hall–Kier alpha value is -2.45. The Balaban J connectivity index is 2.45. The fourth-order valence-corrected chi connectivity index (χ4v) is 3.20. The zero-order chi connectivity index (χ0) is 20.0. The first-order valence-corrected chi connectivity index (χ1v) is 9.32. The lowest BCUT2D eigenvalue weighted by atomic mass is 10.1. The van der Waals surface area contributed by atoms with Gasteiger partial charge in [0.25, 0.3) is 11.8 Å². The maximum Gasteiger partial charge on any atom is 0.265 e. The molecule has 1 N–H and O–H groups in total. The molecule has 1 fully saturated rings. The van der Waals surface area contributed by atoms with Gasteiger partial charge in [-0.1, -0.05) is 18.7 Å². The van der Waals surface area contributed by atoms with Crippen molar-refractivity contribution in [3.63, 3.8) is 0 Å². The maximum atomic E-state index is 12.6. The first kappa shape index (κ1) is 20.9. The number of nitrogens with one attached hydrogen (secondary N) is 1. The molecule has 2 amide bonds. The highest BCUT2D eigenvalue weighted by Gasteiger charge is 2.32. The SMILES string of the molecule is C=CCOc1c(Br)cc(/C=C2\C(=O)NC(=S)N(CC=C)C2=O)cc1OCC. The van der Waals surface area contributed by atoms with Crippen LogP contribution < -0.4 is 14.8 Å². The number of nitrogens with zero attached hydrogens (tertiary/aromatic N) is 1. The second kappa shape index (κ2) is 9.48. The molecule has 0 atom stereocenters. The van der Waals surface area contributed by atoms with Gasteiger partial charge in [0, 0.05) is 6.54 Å². The molecule has 27 heavy (non-hydrogen) atoms. The highest BCUT2D eigenvalue weighted by atomic mass is 79.9. The van der Waals surface area contributed by atoms with E-state index in [4.69, 9.17) is 21.7 Å². The fourth-order valence-electron chi connectivity index (χ4n) is 2.37. The second-order valence-electron chi connectivity index (χ2n) is 5.38. The van der Waals surface area contributed by atoms with Gasteiger partial charge in [-0.2, -0.15) is 0 Å². The van der Waals surface area contributed by atoms with E-state index in [0.29, 0.717) is 34.7 Å². The molecular formula is C19H19BrN2O4S. The average Bonchev–Trinajstić information content (AvgIpc) is 2.62. The second-order valence-corrected chi connectivity index (χ2v) is 6.63. The molecule has 0 aliphatic carbocycles. The Morgan fingerprint density at radius 2 is 2.00 bits per heavy atom. The monoisotopic (exact) mass is 450 g/mol. The van der Waals surface area contributed by atoms with E-state index in [1.165, 1.54) is 17.1 Å². The summed E-state index contributed by atoms with van der Waals surface area (Å²) in [7, 11) is 0. The van der Waals surface area contributed by atoms with E-state index in [2.05, 4.69) is 34.4 Å². The summed E-state index contributed by atoms with van der Waals surface area (Å²) < 4.78 is 11.9. The van der Waals surface area contributed by atoms with Crippen LogP contribution >= 0.6 is 28.1 Å². The van der Waals surface area contributed by atoms with Crippen molar-refractivity contribution >= 4 is 51.2 Å². The quantitative estimate of drug-likeness (QED) is 0.285. The van der Waals surface area contributed by atoms with Crippen LogP contribution in [0.3, 0.4) is 0 Å². The summed E-state index contributed by atoms with van der Waals surface area (Å²) in [5, 5.41) is 2.57. The van der Waals surface area contributed by atoms with Crippen molar-refractivity contribution in [2.24, 2.45) is 0 Å². The number of ether oxygens (including phenoxy) is 2. The van der Waals surface area contributed by atoms with Crippen LogP contribution in [0.2, 0.25) is 0 Å². The number of halogens is 1. The van der Waals surface area contributed by atoms with Crippen LogP contribution in [-0.4, -0.2) is 41.6 Å². The van der Waals surface area contributed by atoms with Gasteiger partial charge in [-0.3, -0.25) is 19.8 Å². The molecule has 8 heteroatoms. The van der Waals surface area contributed by atoms with Crippen LogP contribution in [0.1, 0.15) is 12.5 Å². The molecule has 1 heterocycles. The van der Waals surface area contributed by atoms with Crippen LogP contribution in [0, 0.1) is 0 Å². The van der Waals surface area contributed by atoms with Crippen molar-refractivity contribution in [3.8, 4) is 11.5 Å². The molecule has 0 radical (unpaired) electrons. The third-order valence-electron chi connectivity index (χ3n) is 3.49. The number of amides is 2. The summed E-state index contributed by atoms with van der Waals surface area (Å²) in [6, 6.07) is 3.43. The van der Waals surface area contributed by atoms with Crippen molar-refractivity contribution in [3.05, 3.63) is 53.1 Å². The molecule has 0 aromatic heterocycles. The van der Waals surface area contributed by atoms with Crippen LogP contribution in [-0.2, 0) is 9.59 Å². The molecular weight excluding hydrogens is 432 g/mol. The summed E-state index contributed by atoms with van der Waals surface area (Å²) in [5.74, 6) is -0.0217. The fraction of sp³-hybridized carbons (Fsp3) is 0.211. The third kappa shape index (κ3) is 4.84. The average molecular weight is 451 g/mol. The highest BCUT2D eigenvalue weighted by molar-refractivity contribution is 9.10. The van der Waals surface area contributed by atoms with Gasteiger partial charge in [-0.15, -0.1) is 6.58 Å². The molecule has 2 rings (SSSR count). The van der Waals surface area contributed by atoms with Gasteiger partial charge in [0.1, 0.15) is 12.2 Å². The van der Waals surface area contributed by atoms with Crippen LogP contribution in [0.4, 0.5) is 0 Å². The molecule has 0 spiro atoms. The lowest BCUT2D eigenvalue weighted by Crippen LogP contribution is -2.53. The first-order valence-electron chi connectivity index (χ1n) is 8.12. The Morgan fingerprint density at radius 1 is 1.26 bits per heavy atom. The molecule has 0 saturated carbocycles. The van der Waals surface area contributed by atoms with E-state index in [1.807, 2.05) is 6.92 Å². The summed E-state index contributed by atoms with van der Waals surface area (Å²) in [6.45, 7) is 10.0. The van der Waals surface area contributed by atoms with Gasteiger partial charge in [-0.25, -0.2) is 0 Å². The van der Waals surface area contributed by atoms with Crippen molar-refractivity contribution in [2.75, 3.05) is 19.8 Å². The molecule has 1 aliphatic heterocycles. The molecule has 0 bridgehead atoms. The summed E-state index contributed by atoms with van der Waals surface area (Å²) >= 11 is 8.49. The molecule has 0 unspecified atom stereocenters. The maximum absolute atomic E-state index is 12.6. The highest BCUT2D eigenvalue weighted by Crippen LogP contribution is 2.37.